The molecular formula is C13H11F3OS. The lowest BCUT2D eigenvalue weighted by molar-refractivity contribution is -0.202. The van der Waals surface area contributed by atoms with Crippen molar-refractivity contribution in [2.75, 3.05) is 0 Å². The number of hydrogen-bond donors (Lipinski definition) is 1. The molecule has 1 atom stereocenters. The van der Waals surface area contributed by atoms with Crippen molar-refractivity contribution >= 4 is 11.3 Å². The lowest BCUT2D eigenvalue weighted by Gasteiger charge is -2.12. The van der Waals surface area contributed by atoms with E-state index in [2.05, 4.69) is 0 Å². The first-order valence-corrected chi connectivity index (χ1v) is 6.17. The third-order valence-corrected chi connectivity index (χ3v) is 3.65. The Balaban J connectivity index is 2.12. The summed E-state index contributed by atoms with van der Waals surface area (Å²) in [5, 5.41) is 9.00. The van der Waals surface area contributed by atoms with E-state index in [1.54, 1.807) is 12.1 Å². The Morgan fingerprint density at radius 2 is 1.72 bits per heavy atom. The van der Waals surface area contributed by atoms with Crippen molar-refractivity contribution in [3.63, 3.8) is 0 Å². The predicted molar refractivity (Wildman–Crippen MR) is 65.5 cm³/mol. The van der Waals surface area contributed by atoms with Crippen LogP contribution in [-0.4, -0.2) is 17.4 Å². The molecule has 0 saturated heterocycles. The van der Waals surface area contributed by atoms with Crippen LogP contribution in [0, 0.1) is 0 Å². The zero-order valence-electron chi connectivity index (χ0n) is 9.32. The van der Waals surface area contributed by atoms with Crippen LogP contribution in [0.1, 0.15) is 4.88 Å². The minimum Gasteiger partial charge on any atom is -0.383 e. The Morgan fingerprint density at radius 3 is 2.33 bits per heavy atom. The molecule has 5 heteroatoms. The summed E-state index contributed by atoms with van der Waals surface area (Å²) in [5.74, 6) is 0. The SMILES string of the molecule is OC(Cc1ccc(-c2ccccc2)s1)C(F)(F)F. The highest BCUT2D eigenvalue weighted by atomic mass is 32.1. The second-order valence-corrected chi connectivity index (χ2v) is 5.06. The third-order valence-electron chi connectivity index (χ3n) is 2.49. The highest BCUT2D eigenvalue weighted by molar-refractivity contribution is 7.15. The van der Waals surface area contributed by atoms with Crippen LogP contribution in [0.25, 0.3) is 10.4 Å². The van der Waals surface area contributed by atoms with Crippen LogP contribution in [0.2, 0.25) is 0 Å². The maximum Gasteiger partial charge on any atom is 0.414 e. The number of aliphatic hydroxyl groups is 1. The number of hydrogen-bond acceptors (Lipinski definition) is 2. The Morgan fingerprint density at radius 1 is 1.06 bits per heavy atom. The molecule has 1 aromatic heterocycles. The summed E-state index contributed by atoms with van der Waals surface area (Å²) in [6, 6.07) is 12.8. The fraction of sp³-hybridized carbons (Fsp3) is 0.231. The summed E-state index contributed by atoms with van der Waals surface area (Å²) < 4.78 is 36.7. The van der Waals surface area contributed by atoms with Crippen LogP contribution in [0.4, 0.5) is 13.2 Å². The van der Waals surface area contributed by atoms with Gasteiger partial charge in [0.25, 0.3) is 0 Å². The molecule has 1 N–H and O–H groups in total. The number of thiophene rings is 1. The summed E-state index contributed by atoms with van der Waals surface area (Å²) in [5.41, 5.74) is 0.968. The van der Waals surface area contributed by atoms with Crippen molar-refractivity contribution in [1.82, 2.24) is 0 Å². The average Bonchev–Trinajstić information content (AvgIpc) is 2.77. The molecule has 0 fully saturated rings. The molecule has 96 valence electrons. The maximum atomic E-state index is 12.2. The largest absolute Gasteiger partial charge is 0.414 e. The Labute approximate surface area is 107 Å². The highest BCUT2D eigenvalue weighted by Gasteiger charge is 2.38. The molecule has 1 nitrogen and oxygen atoms in total. The Kier molecular flexibility index (Phi) is 3.73. The summed E-state index contributed by atoms with van der Waals surface area (Å²) in [6.45, 7) is 0. The number of rotatable bonds is 3. The molecule has 1 aromatic carbocycles. The van der Waals surface area contributed by atoms with Gasteiger partial charge < -0.3 is 5.11 Å². The van der Waals surface area contributed by atoms with Crippen LogP contribution in [-0.2, 0) is 6.42 Å². The minimum atomic E-state index is -4.56. The van der Waals surface area contributed by atoms with Gasteiger partial charge in [0, 0.05) is 16.2 Å². The van der Waals surface area contributed by atoms with Gasteiger partial charge in [-0.1, -0.05) is 30.3 Å². The van der Waals surface area contributed by atoms with E-state index in [0.717, 1.165) is 10.4 Å². The number of aliphatic hydroxyl groups excluding tert-OH is 1. The maximum absolute atomic E-state index is 12.2. The van der Waals surface area contributed by atoms with Crippen molar-refractivity contribution in [3.8, 4) is 10.4 Å². The average molecular weight is 272 g/mol. The molecule has 0 spiro atoms. The topological polar surface area (TPSA) is 20.2 Å². The van der Waals surface area contributed by atoms with Gasteiger partial charge in [0.1, 0.15) is 0 Å². The summed E-state index contributed by atoms with van der Waals surface area (Å²) in [6.07, 6.45) is -7.24. The van der Waals surface area contributed by atoms with Crippen molar-refractivity contribution in [3.05, 3.63) is 47.3 Å². The van der Waals surface area contributed by atoms with Crippen LogP contribution in [0.15, 0.2) is 42.5 Å². The van der Waals surface area contributed by atoms with Gasteiger partial charge >= 0.3 is 6.18 Å². The van der Waals surface area contributed by atoms with E-state index in [1.165, 1.54) is 11.3 Å². The summed E-state index contributed by atoms with van der Waals surface area (Å²) in [4.78, 5) is 1.43. The van der Waals surface area contributed by atoms with Crippen molar-refractivity contribution < 1.29 is 18.3 Å². The van der Waals surface area contributed by atoms with Gasteiger partial charge in [-0.2, -0.15) is 13.2 Å². The Hall–Kier alpha value is -1.33. The normalized spacial score (nSPS) is 13.6. The van der Waals surface area contributed by atoms with Crippen molar-refractivity contribution in [2.24, 2.45) is 0 Å². The first kappa shape index (κ1) is 13.1. The molecule has 0 aliphatic rings. The zero-order chi connectivity index (χ0) is 13.2. The lowest BCUT2D eigenvalue weighted by atomic mass is 10.2. The zero-order valence-corrected chi connectivity index (χ0v) is 10.1. The predicted octanol–water partition coefficient (Wildman–Crippen LogP) is 3.88. The van der Waals surface area contributed by atoms with Gasteiger partial charge in [-0.05, 0) is 17.7 Å². The van der Waals surface area contributed by atoms with Gasteiger partial charge in [-0.3, -0.25) is 0 Å². The van der Waals surface area contributed by atoms with Crippen LogP contribution in [0.5, 0.6) is 0 Å². The lowest BCUT2D eigenvalue weighted by Crippen LogP contribution is -2.30. The van der Waals surface area contributed by atoms with E-state index in [4.69, 9.17) is 5.11 Å². The smallest absolute Gasteiger partial charge is 0.383 e. The quantitative estimate of drug-likeness (QED) is 0.899. The van der Waals surface area contributed by atoms with Crippen molar-refractivity contribution in [1.29, 1.82) is 0 Å². The van der Waals surface area contributed by atoms with E-state index in [9.17, 15) is 13.2 Å². The third kappa shape index (κ3) is 3.11. The highest BCUT2D eigenvalue weighted by Crippen LogP contribution is 2.31. The molecule has 0 aliphatic carbocycles. The van der Waals surface area contributed by atoms with Gasteiger partial charge in [0.15, 0.2) is 6.10 Å². The molecule has 1 unspecified atom stereocenters. The first-order chi connectivity index (χ1) is 8.47. The standard InChI is InChI=1S/C13H11F3OS/c14-13(15,16)12(17)8-10-6-7-11(18-10)9-4-2-1-3-5-9/h1-7,12,17H,8H2. The molecule has 0 radical (unpaired) electrons. The second-order valence-electron chi connectivity index (χ2n) is 3.89. The second kappa shape index (κ2) is 5.12. The summed E-state index contributed by atoms with van der Waals surface area (Å²) in [7, 11) is 0. The number of halogens is 3. The van der Waals surface area contributed by atoms with E-state index in [1.807, 2.05) is 30.3 Å². The number of benzene rings is 1. The van der Waals surface area contributed by atoms with E-state index in [-0.39, 0.29) is 6.42 Å². The van der Waals surface area contributed by atoms with E-state index >= 15 is 0 Å². The van der Waals surface area contributed by atoms with Crippen LogP contribution < -0.4 is 0 Å². The van der Waals surface area contributed by atoms with Gasteiger partial charge in [-0.15, -0.1) is 11.3 Å². The molecule has 2 aromatic rings. The molecule has 1 heterocycles. The molecule has 0 amide bonds. The fourth-order valence-corrected chi connectivity index (χ4v) is 2.60. The van der Waals surface area contributed by atoms with Gasteiger partial charge in [0.05, 0.1) is 0 Å². The van der Waals surface area contributed by atoms with Gasteiger partial charge in [0.2, 0.25) is 0 Å². The van der Waals surface area contributed by atoms with Gasteiger partial charge in [-0.25, -0.2) is 0 Å². The van der Waals surface area contributed by atoms with E-state index in [0.29, 0.717) is 4.88 Å². The number of alkyl halides is 3. The molecule has 2 rings (SSSR count). The van der Waals surface area contributed by atoms with Crippen LogP contribution in [0.3, 0.4) is 0 Å². The molecule has 0 saturated carbocycles. The minimum absolute atomic E-state index is 0.388. The fourth-order valence-electron chi connectivity index (χ4n) is 1.55. The van der Waals surface area contributed by atoms with E-state index < -0.39 is 12.3 Å². The monoisotopic (exact) mass is 272 g/mol. The summed E-state index contributed by atoms with van der Waals surface area (Å²) >= 11 is 1.27. The molecule has 0 aliphatic heterocycles. The van der Waals surface area contributed by atoms with Crippen LogP contribution >= 0.6 is 11.3 Å². The molecule has 0 bridgehead atoms. The molecule has 18 heavy (non-hydrogen) atoms. The molecular weight excluding hydrogens is 261 g/mol. The Bertz CT molecular complexity index is 504. The first-order valence-electron chi connectivity index (χ1n) is 5.36. The van der Waals surface area contributed by atoms with Crippen molar-refractivity contribution in [2.45, 2.75) is 18.7 Å².